The topological polar surface area (TPSA) is 40.6 Å². The van der Waals surface area contributed by atoms with Gasteiger partial charge in [0, 0.05) is 19.1 Å². The van der Waals surface area contributed by atoms with E-state index in [0.717, 1.165) is 30.5 Å². The van der Waals surface area contributed by atoms with Crippen LogP contribution in [0.4, 0.5) is 0 Å². The highest BCUT2D eigenvalue weighted by molar-refractivity contribution is 5.93. The second-order valence-electron chi connectivity index (χ2n) is 7.25. The average Bonchev–Trinajstić information content (AvgIpc) is 3.15. The summed E-state index contributed by atoms with van der Waals surface area (Å²) in [4.78, 5) is 30.1. The molecule has 2 saturated heterocycles. The Balaban J connectivity index is 1.69. The molecule has 0 aromatic heterocycles. The lowest BCUT2D eigenvalue weighted by molar-refractivity contribution is -0.152. The predicted octanol–water partition coefficient (Wildman–Crippen LogP) is 3.04. The number of hydrogen-bond donors (Lipinski definition) is 0. The molecule has 134 valence electrons. The zero-order valence-corrected chi connectivity index (χ0v) is 15.0. The molecule has 0 aliphatic carbocycles. The van der Waals surface area contributed by atoms with Gasteiger partial charge in [0.05, 0.1) is 5.92 Å². The molecule has 2 aromatic rings. The Morgan fingerprint density at radius 1 is 1.00 bits per heavy atom. The Kier molecular flexibility index (Phi) is 4.49. The van der Waals surface area contributed by atoms with Gasteiger partial charge in [0.1, 0.15) is 6.04 Å². The van der Waals surface area contributed by atoms with Crippen molar-refractivity contribution in [2.75, 3.05) is 13.1 Å². The molecular weight excluding hydrogens is 324 g/mol. The van der Waals surface area contributed by atoms with Crippen molar-refractivity contribution in [3.63, 3.8) is 0 Å². The van der Waals surface area contributed by atoms with Crippen molar-refractivity contribution >= 4 is 11.8 Å². The highest BCUT2D eigenvalue weighted by Gasteiger charge is 2.43. The number of nitrogens with zero attached hydrogens (tertiary/aromatic N) is 2. The van der Waals surface area contributed by atoms with Crippen LogP contribution in [0.5, 0.6) is 0 Å². The molecule has 2 aromatic carbocycles. The Labute approximate surface area is 154 Å². The summed E-state index contributed by atoms with van der Waals surface area (Å²) in [6, 6.07) is 19.5. The second-order valence-corrected chi connectivity index (χ2v) is 7.25. The molecule has 2 atom stereocenters. The molecule has 26 heavy (non-hydrogen) atoms. The van der Waals surface area contributed by atoms with Gasteiger partial charge in [0.2, 0.25) is 11.8 Å². The van der Waals surface area contributed by atoms with E-state index < -0.39 is 6.04 Å². The van der Waals surface area contributed by atoms with Crippen LogP contribution in [0.1, 0.15) is 36.8 Å². The largest absolute Gasteiger partial charge is 0.336 e. The summed E-state index contributed by atoms with van der Waals surface area (Å²) >= 11 is 0. The van der Waals surface area contributed by atoms with Gasteiger partial charge in [-0.1, -0.05) is 60.7 Å². The van der Waals surface area contributed by atoms with Crippen LogP contribution >= 0.6 is 0 Å². The molecule has 0 spiro atoms. The molecule has 0 N–H and O–H groups in total. The van der Waals surface area contributed by atoms with Crippen molar-refractivity contribution in [1.82, 2.24) is 9.80 Å². The third kappa shape index (κ3) is 2.90. The van der Waals surface area contributed by atoms with E-state index in [2.05, 4.69) is 0 Å². The summed E-state index contributed by atoms with van der Waals surface area (Å²) < 4.78 is 0. The maximum atomic E-state index is 13.6. The normalized spacial score (nSPS) is 22.6. The van der Waals surface area contributed by atoms with E-state index in [4.69, 9.17) is 0 Å². The number of piperazine rings is 1. The first-order valence-corrected chi connectivity index (χ1v) is 9.37. The molecular formula is C22H24N2O2. The summed E-state index contributed by atoms with van der Waals surface area (Å²) in [5, 5.41) is 0. The lowest BCUT2D eigenvalue weighted by Gasteiger charge is -2.42. The zero-order chi connectivity index (χ0) is 18.1. The van der Waals surface area contributed by atoms with Crippen molar-refractivity contribution in [1.29, 1.82) is 0 Å². The molecule has 2 fully saturated rings. The van der Waals surface area contributed by atoms with Crippen molar-refractivity contribution in [2.24, 2.45) is 0 Å². The molecule has 2 aliphatic heterocycles. The Bertz CT molecular complexity index is 751. The van der Waals surface area contributed by atoms with E-state index in [1.54, 1.807) is 4.90 Å². The van der Waals surface area contributed by atoms with Crippen LogP contribution in [0.15, 0.2) is 60.7 Å². The highest BCUT2D eigenvalue weighted by atomic mass is 16.2. The third-order valence-corrected chi connectivity index (χ3v) is 5.69. The lowest BCUT2D eigenvalue weighted by Crippen LogP contribution is -2.60. The van der Waals surface area contributed by atoms with Gasteiger partial charge < -0.3 is 9.80 Å². The standard InChI is InChI=1S/C22H24N2O2/c1-16-21(25)23-14-8-13-19(23)15-24(16)22(26)20(17-9-4-2-5-10-17)18-11-6-3-7-12-18/h2-7,9-12,16,19-20H,8,13-15H2,1H3/t16-,19-/m0/s1. The summed E-state index contributed by atoms with van der Waals surface area (Å²) in [7, 11) is 0. The smallest absolute Gasteiger partial charge is 0.245 e. The van der Waals surface area contributed by atoms with Crippen LogP contribution in [0.2, 0.25) is 0 Å². The second kappa shape index (κ2) is 6.94. The van der Waals surface area contributed by atoms with E-state index in [9.17, 15) is 9.59 Å². The number of carbonyl (C=O) groups excluding carboxylic acids is 2. The number of hydrogen-bond acceptors (Lipinski definition) is 2. The fourth-order valence-electron chi connectivity index (χ4n) is 4.29. The molecule has 4 nitrogen and oxygen atoms in total. The average molecular weight is 348 g/mol. The van der Waals surface area contributed by atoms with Gasteiger partial charge >= 0.3 is 0 Å². The Hall–Kier alpha value is -2.62. The number of fused-ring (bicyclic) bond motifs is 1. The van der Waals surface area contributed by atoms with E-state index in [1.165, 1.54) is 0 Å². The first-order valence-electron chi connectivity index (χ1n) is 9.37. The number of rotatable bonds is 3. The van der Waals surface area contributed by atoms with E-state index in [0.29, 0.717) is 6.54 Å². The van der Waals surface area contributed by atoms with E-state index in [1.807, 2.05) is 72.5 Å². The predicted molar refractivity (Wildman–Crippen MR) is 101 cm³/mol. The first kappa shape index (κ1) is 16.8. The van der Waals surface area contributed by atoms with Crippen molar-refractivity contribution in [3.8, 4) is 0 Å². The molecule has 0 unspecified atom stereocenters. The Morgan fingerprint density at radius 2 is 1.58 bits per heavy atom. The van der Waals surface area contributed by atoms with Crippen LogP contribution in [-0.2, 0) is 9.59 Å². The minimum Gasteiger partial charge on any atom is -0.336 e. The fraction of sp³-hybridized carbons (Fsp3) is 0.364. The minimum absolute atomic E-state index is 0.0230. The zero-order valence-electron chi connectivity index (χ0n) is 15.0. The molecule has 0 saturated carbocycles. The van der Waals surface area contributed by atoms with Gasteiger partial charge in [0.25, 0.3) is 0 Å². The number of benzene rings is 2. The van der Waals surface area contributed by atoms with E-state index >= 15 is 0 Å². The lowest BCUT2D eigenvalue weighted by atomic mass is 9.89. The molecule has 2 heterocycles. The molecule has 2 aliphatic rings. The third-order valence-electron chi connectivity index (χ3n) is 5.69. The van der Waals surface area contributed by atoms with Crippen molar-refractivity contribution in [3.05, 3.63) is 71.8 Å². The summed E-state index contributed by atoms with van der Waals surface area (Å²) in [5.74, 6) is -0.262. The molecule has 4 rings (SSSR count). The molecule has 0 bridgehead atoms. The summed E-state index contributed by atoms with van der Waals surface area (Å²) in [5.41, 5.74) is 1.94. The molecule has 4 heteroatoms. The van der Waals surface area contributed by atoms with Gasteiger partial charge in [-0.2, -0.15) is 0 Å². The van der Waals surface area contributed by atoms with Gasteiger partial charge in [-0.25, -0.2) is 0 Å². The van der Waals surface area contributed by atoms with Gasteiger partial charge in [0.15, 0.2) is 0 Å². The Morgan fingerprint density at radius 3 is 2.15 bits per heavy atom. The minimum atomic E-state index is -0.397. The monoisotopic (exact) mass is 348 g/mol. The van der Waals surface area contributed by atoms with Crippen LogP contribution < -0.4 is 0 Å². The van der Waals surface area contributed by atoms with Crippen LogP contribution in [0.25, 0.3) is 0 Å². The van der Waals surface area contributed by atoms with Crippen LogP contribution in [0, 0.1) is 0 Å². The fourth-order valence-corrected chi connectivity index (χ4v) is 4.29. The van der Waals surface area contributed by atoms with Crippen molar-refractivity contribution in [2.45, 2.75) is 37.8 Å². The highest BCUT2D eigenvalue weighted by Crippen LogP contribution is 2.31. The molecule has 0 radical (unpaired) electrons. The van der Waals surface area contributed by atoms with E-state index in [-0.39, 0.29) is 23.8 Å². The number of carbonyl (C=O) groups is 2. The maximum absolute atomic E-state index is 13.6. The number of amides is 2. The summed E-state index contributed by atoms with van der Waals surface area (Å²) in [6.45, 7) is 3.33. The SMILES string of the molecule is C[C@H]1C(=O)N2CCC[C@H]2CN1C(=O)C(c1ccccc1)c1ccccc1. The van der Waals surface area contributed by atoms with Crippen molar-refractivity contribution < 1.29 is 9.59 Å². The van der Waals surface area contributed by atoms with Gasteiger partial charge in [-0.05, 0) is 30.9 Å². The quantitative estimate of drug-likeness (QED) is 0.855. The van der Waals surface area contributed by atoms with Crippen LogP contribution in [0.3, 0.4) is 0 Å². The summed E-state index contributed by atoms with van der Waals surface area (Å²) in [6.07, 6.45) is 2.02. The van der Waals surface area contributed by atoms with Gasteiger partial charge in [-0.3, -0.25) is 9.59 Å². The first-order chi connectivity index (χ1) is 12.7. The van der Waals surface area contributed by atoms with Crippen LogP contribution in [-0.4, -0.2) is 46.8 Å². The molecule has 2 amide bonds. The maximum Gasteiger partial charge on any atom is 0.245 e. The van der Waals surface area contributed by atoms with Gasteiger partial charge in [-0.15, -0.1) is 0 Å².